The molecule has 40 heavy (non-hydrogen) atoms. The molecule has 0 atom stereocenters. The van der Waals surface area contributed by atoms with Gasteiger partial charge in [0.15, 0.2) is 0 Å². The minimum atomic E-state index is 1.10. The highest BCUT2D eigenvalue weighted by atomic mass is 14.9. The summed E-state index contributed by atoms with van der Waals surface area (Å²) >= 11 is 0. The van der Waals surface area contributed by atoms with E-state index >= 15 is 0 Å². The minimum Gasteiger partial charge on any atom is -0.324 e. The van der Waals surface area contributed by atoms with Crippen LogP contribution >= 0.6 is 0 Å². The Morgan fingerprint density at radius 2 is 1.23 bits per heavy atom. The Bertz CT molecular complexity index is 1180. The van der Waals surface area contributed by atoms with Crippen molar-refractivity contribution < 1.29 is 0 Å². The molecule has 1 aromatic heterocycles. The van der Waals surface area contributed by atoms with Crippen LogP contribution in [-0.2, 0) is 6.42 Å². The SMILES string of the molecule is CCCC1CC1.CCCCCC.CCc1ccc(-n2cccc2)cc1.Cc1ccc(-c2ccccc2C)c(C)c1. The van der Waals surface area contributed by atoms with E-state index < -0.39 is 0 Å². The molecule has 1 aliphatic carbocycles. The lowest BCUT2D eigenvalue weighted by atomic mass is 9.95. The fraction of sp³-hybridized carbons (Fsp3) is 0.436. The molecule has 4 aromatic rings. The molecule has 1 aliphatic rings. The van der Waals surface area contributed by atoms with Gasteiger partial charge in [0.2, 0.25) is 0 Å². The average molecular weight is 538 g/mol. The molecule has 3 aromatic carbocycles. The Morgan fingerprint density at radius 1 is 0.625 bits per heavy atom. The monoisotopic (exact) mass is 537 g/mol. The first kappa shape index (κ1) is 33.1. The number of hydrogen-bond acceptors (Lipinski definition) is 0. The molecule has 0 bridgehead atoms. The van der Waals surface area contributed by atoms with Crippen molar-refractivity contribution in [3.8, 4) is 16.8 Å². The standard InChI is InChI=1S/C15H16.C12H13N.C6H12.C6H14/c1-11-8-9-15(13(3)10-11)14-7-5-4-6-12(14)2;1-2-11-5-7-12(8-6-11)13-9-3-4-10-13;1-2-3-6-4-5-6;1-3-5-6-4-2/h4-10H,1-3H3;3-10H,2H2,1H3;6H,2-5H2,1H3;3-6H2,1-2H3. The number of unbranched alkanes of at least 4 members (excludes halogenated alkanes) is 3. The van der Waals surface area contributed by atoms with Crippen LogP contribution in [0.4, 0.5) is 0 Å². The summed E-state index contributed by atoms with van der Waals surface area (Å²) in [6.07, 6.45) is 16.7. The second-order valence-corrected chi connectivity index (χ2v) is 11.2. The molecular weight excluding hydrogens is 482 g/mol. The number of aryl methyl sites for hydroxylation is 4. The maximum Gasteiger partial charge on any atom is 0.0449 e. The molecule has 0 unspecified atom stereocenters. The zero-order chi connectivity index (χ0) is 29.2. The summed E-state index contributed by atoms with van der Waals surface area (Å²) in [6, 6.07) is 27.9. The third-order valence-corrected chi connectivity index (χ3v) is 7.42. The van der Waals surface area contributed by atoms with E-state index in [0.717, 1.165) is 12.3 Å². The lowest BCUT2D eigenvalue weighted by Crippen LogP contribution is -1.89. The van der Waals surface area contributed by atoms with Gasteiger partial charge in [-0.2, -0.15) is 0 Å². The number of aromatic nitrogens is 1. The van der Waals surface area contributed by atoms with Gasteiger partial charge in [0, 0.05) is 18.1 Å². The van der Waals surface area contributed by atoms with E-state index in [0.29, 0.717) is 0 Å². The third kappa shape index (κ3) is 12.4. The van der Waals surface area contributed by atoms with Gasteiger partial charge in [-0.15, -0.1) is 0 Å². The quantitative estimate of drug-likeness (QED) is 0.197. The van der Waals surface area contributed by atoms with Crippen LogP contribution in [0.2, 0.25) is 0 Å². The normalized spacial score (nSPS) is 11.8. The molecule has 1 fully saturated rings. The Kier molecular flexibility index (Phi) is 15.8. The summed E-state index contributed by atoms with van der Waals surface area (Å²) < 4.78 is 2.11. The van der Waals surface area contributed by atoms with E-state index in [1.807, 2.05) is 12.1 Å². The lowest BCUT2D eigenvalue weighted by Gasteiger charge is -2.09. The highest BCUT2D eigenvalue weighted by Crippen LogP contribution is 2.33. The van der Waals surface area contributed by atoms with E-state index in [4.69, 9.17) is 0 Å². The number of benzene rings is 3. The van der Waals surface area contributed by atoms with Gasteiger partial charge in [0.25, 0.3) is 0 Å². The van der Waals surface area contributed by atoms with Gasteiger partial charge in [-0.1, -0.05) is 139 Å². The summed E-state index contributed by atoms with van der Waals surface area (Å²) in [5.74, 6) is 1.15. The van der Waals surface area contributed by atoms with Gasteiger partial charge in [-0.25, -0.2) is 0 Å². The zero-order valence-electron chi connectivity index (χ0n) is 26.5. The zero-order valence-corrected chi connectivity index (χ0v) is 26.5. The third-order valence-electron chi connectivity index (χ3n) is 7.42. The molecule has 0 radical (unpaired) electrons. The van der Waals surface area contributed by atoms with Crippen LogP contribution in [0.15, 0.2) is 91.3 Å². The molecule has 1 heterocycles. The molecule has 0 saturated heterocycles. The van der Waals surface area contributed by atoms with Crippen molar-refractivity contribution in [2.24, 2.45) is 5.92 Å². The van der Waals surface area contributed by atoms with Crippen molar-refractivity contribution in [1.29, 1.82) is 0 Å². The summed E-state index contributed by atoms with van der Waals surface area (Å²) in [5, 5.41) is 0. The van der Waals surface area contributed by atoms with E-state index in [2.05, 4.69) is 132 Å². The molecule has 5 rings (SSSR count). The van der Waals surface area contributed by atoms with Gasteiger partial charge in [-0.3, -0.25) is 0 Å². The first-order valence-corrected chi connectivity index (χ1v) is 15.8. The van der Waals surface area contributed by atoms with E-state index in [1.165, 1.54) is 90.4 Å². The van der Waals surface area contributed by atoms with Crippen LogP contribution in [0, 0.1) is 26.7 Å². The molecular formula is C39H55N. The Labute approximate surface area is 246 Å². The average Bonchev–Trinajstić information content (AvgIpc) is 3.62. The van der Waals surface area contributed by atoms with Crippen LogP contribution < -0.4 is 0 Å². The predicted molar refractivity (Wildman–Crippen MR) is 179 cm³/mol. The second-order valence-electron chi connectivity index (χ2n) is 11.2. The second kappa shape index (κ2) is 19.1. The summed E-state index contributed by atoms with van der Waals surface area (Å²) in [6.45, 7) is 15.4. The number of hydrogen-bond donors (Lipinski definition) is 0. The molecule has 0 spiro atoms. The molecule has 1 saturated carbocycles. The fourth-order valence-electron chi connectivity index (χ4n) is 4.72. The van der Waals surface area contributed by atoms with Gasteiger partial charge < -0.3 is 4.57 Å². The summed E-state index contributed by atoms with van der Waals surface area (Å²) in [7, 11) is 0. The van der Waals surface area contributed by atoms with Crippen LogP contribution in [0.25, 0.3) is 16.8 Å². The Balaban J connectivity index is 0.000000203. The van der Waals surface area contributed by atoms with Gasteiger partial charge in [0.1, 0.15) is 0 Å². The van der Waals surface area contributed by atoms with Gasteiger partial charge >= 0.3 is 0 Å². The lowest BCUT2D eigenvalue weighted by molar-refractivity contribution is 0.702. The van der Waals surface area contributed by atoms with Crippen molar-refractivity contribution in [1.82, 2.24) is 4.57 Å². The predicted octanol–water partition coefficient (Wildman–Crippen LogP) is 12.1. The van der Waals surface area contributed by atoms with Crippen molar-refractivity contribution >= 4 is 0 Å². The fourth-order valence-corrected chi connectivity index (χ4v) is 4.72. The molecule has 0 amide bonds. The Hall–Kier alpha value is -3.06. The summed E-state index contributed by atoms with van der Waals surface area (Å²) in [5.41, 5.74) is 9.31. The number of nitrogens with zero attached hydrogens (tertiary/aromatic N) is 1. The Morgan fingerprint density at radius 3 is 1.70 bits per heavy atom. The van der Waals surface area contributed by atoms with Crippen LogP contribution in [-0.4, -0.2) is 4.57 Å². The van der Waals surface area contributed by atoms with Crippen molar-refractivity contribution in [3.05, 3.63) is 114 Å². The van der Waals surface area contributed by atoms with Crippen molar-refractivity contribution in [2.75, 3.05) is 0 Å². The first-order valence-electron chi connectivity index (χ1n) is 15.8. The number of rotatable bonds is 8. The molecule has 1 heteroatoms. The molecule has 0 N–H and O–H groups in total. The highest BCUT2D eigenvalue weighted by molar-refractivity contribution is 5.70. The van der Waals surface area contributed by atoms with E-state index in [9.17, 15) is 0 Å². The van der Waals surface area contributed by atoms with Crippen LogP contribution in [0.3, 0.4) is 0 Å². The minimum absolute atomic E-state index is 1.10. The largest absolute Gasteiger partial charge is 0.324 e. The van der Waals surface area contributed by atoms with Crippen molar-refractivity contribution in [2.45, 2.75) is 106 Å². The highest BCUT2D eigenvalue weighted by Gasteiger charge is 2.18. The maximum absolute atomic E-state index is 2.26. The van der Waals surface area contributed by atoms with Gasteiger partial charge in [0.05, 0.1) is 0 Å². The molecule has 216 valence electrons. The topological polar surface area (TPSA) is 4.93 Å². The van der Waals surface area contributed by atoms with E-state index in [1.54, 1.807) is 0 Å². The summed E-state index contributed by atoms with van der Waals surface area (Å²) in [4.78, 5) is 0. The molecule has 1 nitrogen and oxygen atoms in total. The van der Waals surface area contributed by atoms with Crippen LogP contribution in [0.5, 0.6) is 0 Å². The molecule has 0 aliphatic heterocycles. The smallest absolute Gasteiger partial charge is 0.0449 e. The van der Waals surface area contributed by atoms with Crippen molar-refractivity contribution in [3.63, 3.8) is 0 Å². The van der Waals surface area contributed by atoms with E-state index in [-0.39, 0.29) is 0 Å². The van der Waals surface area contributed by atoms with Gasteiger partial charge in [-0.05, 0) is 85.2 Å². The van der Waals surface area contributed by atoms with Crippen LogP contribution in [0.1, 0.15) is 101 Å². The maximum atomic E-state index is 2.26. The first-order chi connectivity index (χ1) is 19.4.